The third kappa shape index (κ3) is 3.02. The summed E-state index contributed by atoms with van der Waals surface area (Å²) in [6.45, 7) is 6.99. The number of thiophene rings is 1. The molecule has 2 N–H and O–H groups in total. The van der Waals surface area contributed by atoms with Crippen LogP contribution in [0.4, 0.5) is 0 Å². The maximum Gasteiger partial charge on any atom is 0.259 e. The van der Waals surface area contributed by atoms with E-state index in [-0.39, 0.29) is 11.7 Å². The van der Waals surface area contributed by atoms with Crippen molar-refractivity contribution < 1.29 is 5.11 Å². The Bertz CT molecular complexity index is 716. The summed E-state index contributed by atoms with van der Waals surface area (Å²) in [5.74, 6) is 0.696. The smallest absolute Gasteiger partial charge is 0.259 e. The predicted octanol–water partition coefficient (Wildman–Crippen LogP) is 1.95. The number of nitrogens with zero attached hydrogens (tertiary/aromatic N) is 2. The number of fused-ring (bicyclic) bond motifs is 1. The lowest BCUT2D eigenvalue weighted by atomic mass is 10.2. The molecule has 5 nitrogen and oxygen atoms in total. The number of aryl methyl sites for hydroxylation is 2. The first-order valence-corrected chi connectivity index (χ1v) is 8.18. The van der Waals surface area contributed by atoms with Gasteiger partial charge in [-0.05, 0) is 39.2 Å². The minimum absolute atomic E-state index is 0.0513. The first-order chi connectivity index (χ1) is 9.95. The molecule has 2 aromatic heterocycles. The molecule has 0 radical (unpaired) electrons. The molecule has 1 atom stereocenters. The monoisotopic (exact) mass is 307 g/mol. The third-order valence-corrected chi connectivity index (χ3v) is 5.10. The van der Waals surface area contributed by atoms with Gasteiger partial charge in [0, 0.05) is 17.5 Å². The van der Waals surface area contributed by atoms with Crippen molar-refractivity contribution in [2.45, 2.75) is 52.3 Å². The zero-order chi connectivity index (χ0) is 15.1. The summed E-state index contributed by atoms with van der Waals surface area (Å²) in [6, 6.07) is 0.521. The van der Waals surface area contributed by atoms with Crippen molar-refractivity contribution in [3.05, 3.63) is 26.6 Å². The Kier molecular flexibility index (Phi) is 3.86. The Morgan fingerprint density at radius 2 is 2.19 bits per heavy atom. The van der Waals surface area contributed by atoms with Gasteiger partial charge in [-0.1, -0.05) is 0 Å². The van der Waals surface area contributed by atoms with Crippen LogP contribution in [0.5, 0.6) is 0 Å². The van der Waals surface area contributed by atoms with Crippen molar-refractivity contribution in [2.24, 2.45) is 0 Å². The van der Waals surface area contributed by atoms with Crippen molar-refractivity contribution in [2.75, 3.05) is 6.54 Å². The lowest BCUT2D eigenvalue weighted by molar-refractivity contribution is 0.116. The highest BCUT2D eigenvalue weighted by Gasteiger charge is 2.30. The van der Waals surface area contributed by atoms with Crippen molar-refractivity contribution >= 4 is 21.6 Å². The predicted molar refractivity (Wildman–Crippen MR) is 84.8 cm³/mol. The van der Waals surface area contributed by atoms with Gasteiger partial charge in [0.15, 0.2) is 0 Å². The van der Waals surface area contributed by atoms with E-state index in [1.54, 1.807) is 18.3 Å². The van der Waals surface area contributed by atoms with E-state index in [9.17, 15) is 9.90 Å². The van der Waals surface area contributed by atoms with Gasteiger partial charge in [-0.2, -0.15) is 0 Å². The quantitative estimate of drug-likeness (QED) is 0.886. The molecule has 3 rings (SSSR count). The zero-order valence-corrected chi connectivity index (χ0v) is 13.5. The maximum absolute atomic E-state index is 12.3. The Morgan fingerprint density at radius 1 is 1.48 bits per heavy atom. The van der Waals surface area contributed by atoms with Gasteiger partial charge in [-0.3, -0.25) is 9.69 Å². The molecular weight excluding hydrogens is 286 g/mol. The van der Waals surface area contributed by atoms with Crippen molar-refractivity contribution in [3.63, 3.8) is 0 Å². The second kappa shape index (κ2) is 5.51. The number of H-pyrrole nitrogens is 1. The van der Waals surface area contributed by atoms with E-state index in [1.807, 2.05) is 13.8 Å². The Labute approximate surface area is 127 Å². The third-order valence-electron chi connectivity index (χ3n) is 4.00. The molecule has 114 valence electrons. The van der Waals surface area contributed by atoms with Crippen molar-refractivity contribution in [1.82, 2.24) is 14.9 Å². The molecule has 2 heterocycles. The molecule has 2 aromatic rings. The van der Waals surface area contributed by atoms with Crippen LogP contribution in [0.1, 0.15) is 36.0 Å². The fourth-order valence-corrected chi connectivity index (χ4v) is 3.74. The maximum atomic E-state index is 12.3. The van der Waals surface area contributed by atoms with Gasteiger partial charge in [0.05, 0.1) is 18.0 Å². The summed E-state index contributed by atoms with van der Waals surface area (Å²) in [6.07, 6.45) is 1.96. The largest absolute Gasteiger partial charge is 0.392 e. The molecule has 1 unspecified atom stereocenters. The number of rotatable bonds is 5. The van der Waals surface area contributed by atoms with Crippen LogP contribution in [-0.4, -0.2) is 38.7 Å². The SMILES string of the molecule is Cc1sc2nc(CN(CC(C)O)C3CC3)[nH]c(=O)c2c1C. The number of aliphatic hydroxyl groups excluding tert-OH is 1. The molecule has 1 saturated carbocycles. The highest BCUT2D eigenvalue weighted by Crippen LogP contribution is 2.29. The zero-order valence-electron chi connectivity index (χ0n) is 12.6. The summed E-state index contributed by atoms with van der Waals surface area (Å²) in [7, 11) is 0. The van der Waals surface area contributed by atoms with Crippen molar-refractivity contribution in [1.29, 1.82) is 0 Å². The van der Waals surface area contributed by atoms with Crippen LogP contribution in [0.3, 0.4) is 0 Å². The van der Waals surface area contributed by atoms with Crippen LogP contribution in [-0.2, 0) is 6.54 Å². The van der Waals surface area contributed by atoms with Crippen molar-refractivity contribution in [3.8, 4) is 0 Å². The number of hydrogen-bond donors (Lipinski definition) is 2. The fraction of sp³-hybridized carbons (Fsp3) is 0.600. The van der Waals surface area contributed by atoms with Crippen LogP contribution in [0.25, 0.3) is 10.2 Å². The van der Waals surface area contributed by atoms with E-state index in [1.165, 1.54) is 0 Å². The van der Waals surface area contributed by atoms with Crippen LogP contribution < -0.4 is 5.56 Å². The number of aliphatic hydroxyl groups is 1. The van der Waals surface area contributed by atoms with Crippen LogP contribution >= 0.6 is 11.3 Å². The summed E-state index contributed by atoms with van der Waals surface area (Å²) >= 11 is 1.57. The Morgan fingerprint density at radius 3 is 2.81 bits per heavy atom. The number of aromatic nitrogens is 2. The van der Waals surface area contributed by atoms with Gasteiger partial charge in [-0.25, -0.2) is 4.98 Å². The van der Waals surface area contributed by atoms with Gasteiger partial charge >= 0.3 is 0 Å². The molecule has 1 fully saturated rings. The Hall–Kier alpha value is -1.24. The van der Waals surface area contributed by atoms with Gasteiger partial charge in [0.1, 0.15) is 10.7 Å². The van der Waals surface area contributed by atoms with Gasteiger partial charge in [0.25, 0.3) is 5.56 Å². The van der Waals surface area contributed by atoms with Crippen LogP contribution in [0, 0.1) is 13.8 Å². The van der Waals surface area contributed by atoms with Crippen LogP contribution in [0.15, 0.2) is 4.79 Å². The summed E-state index contributed by atoms with van der Waals surface area (Å²) in [4.78, 5) is 24.0. The molecule has 0 spiro atoms. The normalized spacial score (nSPS) is 16.8. The van der Waals surface area contributed by atoms with E-state index in [0.29, 0.717) is 25.0 Å². The topological polar surface area (TPSA) is 69.2 Å². The highest BCUT2D eigenvalue weighted by atomic mass is 32.1. The summed E-state index contributed by atoms with van der Waals surface area (Å²) < 4.78 is 0. The number of aromatic amines is 1. The molecule has 0 amide bonds. The molecule has 1 aliphatic rings. The average molecular weight is 307 g/mol. The number of hydrogen-bond acceptors (Lipinski definition) is 5. The summed E-state index contributed by atoms with van der Waals surface area (Å²) in [5.41, 5.74) is 0.975. The van der Waals surface area contributed by atoms with E-state index in [4.69, 9.17) is 0 Å². The Balaban J connectivity index is 1.91. The average Bonchev–Trinajstić information content (AvgIpc) is 3.16. The fourth-order valence-electron chi connectivity index (χ4n) is 2.69. The first-order valence-electron chi connectivity index (χ1n) is 7.36. The summed E-state index contributed by atoms with van der Waals surface area (Å²) in [5, 5.41) is 10.3. The van der Waals surface area contributed by atoms with E-state index >= 15 is 0 Å². The molecular formula is C15H21N3O2S. The number of nitrogens with one attached hydrogen (secondary N) is 1. The highest BCUT2D eigenvalue weighted by molar-refractivity contribution is 7.18. The van der Waals surface area contributed by atoms with E-state index in [0.717, 1.165) is 33.5 Å². The minimum atomic E-state index is -0.368. The molecule has 0 aliphatic heterocycles. The van der Waals surface area contributed by atoms with Gasteiger partial charge < -0.3 is 10.1 Å². The molecule has 0 bridgehead atoms. The van der Waals surface area contributed by atoms with Gasteiger partial charge in [0.2, 0.25) is 0 Å². The standard InChI is InChI=1S/C15H21N3O2S/c1-8(19)6-18(11-4-5-11)7-12-16-14(20)13-9(2)10(3)21-15(13)17-12/h8,11,19H,4-7H2,1-3H3,(H,16,17,20). The van der Waals surface area contributed by atoms with E-state index < -0.39 is 0 Å². The molecule has 6 heteroatoms. The lowest BCUT2D eigenvalue weighted by Crippen LogP contribution is -2.33. The second-order valence-corrected chi connectivity index (χ2v) is 7.19. The minimum Gasteiger partial charge on any atom is -0.392 e. The molecule has 1 aliphatic carbocycles. The van der Waals surface area contributed by atoms with Crippen LogP contribution in [0.2, 0.25) is 0 Å². The van der Waals surface area contributed by atoms with Gasteiger partial charge in [-0.15, -0.1) is 11.3 Å². The molecule has 0 aromatic carbocycles. The first kappa shape index (κ1) is 14.7. The molecule has 21 heavy (non-hydrogen) atoms. The van der Waals surface area contributed by atoms with E-state index in [2.05, 4.69) is 14.9 Å². The second-order valence-electron chi connectivity index (χ2n) is 5.99. The molecule has 0 saturated heterocycles. The lowest BCUT2D eigenvalue weighted by Gasteiger charge is -2.22.